The van der Waals surface area contributed by atoms with Gasteiger partial charge < -0.3 is 10.1 Å². The van der Waals surface area contributed by atoms with Crippen molar-refractivity contribution in [2.24, 2.45) is 11.8 Å². The summed E-state index contributed by atoms with van der Waals surface area (Å²) in [6.45, 7) is 4.43. The van der Waals surface area contributed by atoms with Gasteiger partial charge in [0.25, 0.3) is 5.56 Å². The van der Waals surface area contributed by atoms with E-state index >= 15 is 0 Å². The van der Waals surface area contributed by atoms with Crippen molar-refractivity contribution in [1.29, 1.82) is 0 Å². The topological polar surface area (TPSA) is 73.2 Å². The first kappa shape index (κ1) is 20.6. The van der Waals surface area contributed by atoms with Gasteiger partial charge in [0.1, 0.15) is 17.0 Å². The maximum Gasteiger partial charge on any atom is 0.271 e. The van der Waals surface area contributed by atoms with Crippen molar-refractivity contribution in [2.75, 3.05) is 7.11 Å². The zero-order chi connectivity index (χ0) is 21.3. The molecule has 1 aromatic carbocycles. The molecule has 0 bridgehead atoms. The first-order valence-corrected chi connectivity index (χ1v) is 11.2. The molecule has 2 heterocycles. The van der Waals surface area contributed by atoms with Crippen molar-refractivity contribution in [3.05, 3.63) is 47.0 Å². The molecule has 1 amide bonds. The molecule has 1 fully saturated rings. The second-order valence-electron chi connectivity index (χ2n) is 8.17. The summed E-state index contributed by atoms with van der Waals surface area (Å²) in [5, 5.41) is 3.13. The number of thiophene rings is 1. The fourth-order valence-corrected chi connectivity index (χ4v) is 5.21. The van der Waals surface area contributed by atoms with Gasteiger partial charge >= 0.3 is 0 Å². The van der Waals surface area contributed by atoms with Crippen molar-refractivity contribution < 1.29 is 9.53 Å². The number of hydrogen-bond donors (Lipinski definition) is 1. The van der Waals surface area contributed by atoms with Gasteiger partial charge in [-0.2, -0.15) is 0 Å². The van der Waals surface area contributed by atoms with Crippen LogP contribution in [0, 0.1) is 11.8 Å². The maximum atomic E-state index is 13.0. The molecule has 0 spiro atoms. The molecular weight excluding hydrogens is 398 g/mol. The van der Waals surface area contributed by atoms with E-state index in [4.69, 9.17) is 4.74 Å². The maximum absolute atomic E-state index is 13.0. The lowest BCUT2D eigenvalue weighted by molar-refractivity contribution is -0.123. The molecule has 0 aliphatic heterocycles. The van der Waals surface area contributed by atoms with Gasteiger partial charge in [-0.1, -0.05) is 26.7 Å². The van der Waals surface area contributed by atoms with Gasteiger partial charge in [0.15, 0.2) is 0 Å². The SMILES string of the molecule is COc1ccc(-c2cc3ncn(CC(=O)N[C@H]4CCC[C@H](C)[C@H]4C)c(=O)c3s2)cc1. The van der Waals surface area contributed by atoms with Crippen LogP contribution in [0.3, 0.4) is 0 Å². The van der Waals surface area contributed by atoms with E-state index in [1.165, 1.54) is 28.7 Å². The molecule has 0 saturated heterocycles. The minimum atomic E-state index is -0.176. The highest BCUT2D eigenvalue weighted by Gasteiger charge is 2.28. The van der Waals surface area contributed by atoms with Gasteiger partial charge in [0, 0.05) is 10.9 Å². The third-order valence-electron chi connectivity index (χ3n) is 6.25. The first-order valence-electron chi connectivity index (χ1n) is 10.4. The summed E-state index contributed by atoms with van der Waals surface area (Å²) in [5.74, 6) is 1.71. The van der Waals surface area contributed by atoms with Crippen LogP contribution in [0.2, 0.25) is 0 Å². The molecule has 1 N–H and O–H groups in total. The minimum Gasteiger partial charge on any atom is -0.497 e. The minimum absolute atomic E-state index is 0.00482. The number of nitrogens with zero attached hydrogens (tertiary/aromatic N) is 2. The molecule has 7 heteroatoms. The van der Waals surface area contributed by atoms with Crippen molar-refractivity contribution in [3.8, 4) is 16.2 Å². The summed E-state index contributed by atoms with van der Waals surface area (Å²) >= 11 is 1.40. The Labute approximate surface area is 179 Å². The molecule has 0 unspecified atom stereocenters. The van der Waals surface area contributed by atoms with E-state index in [0.29, 0.717) is 22.1 Å². The number of benzene rings is 1. The first-order chi connectivity index (χ1) is 14.5. The second kappa shape index (κ2) is 8.60. The van der Waals surface area contributed by atoms with Crippen LogP contribution < -0.4 is 15.6 Å². The molecule has 3 aromatic rings. The van der Waals surface area contributed by atoms with Gasteiger partial charge in [-0.3, -0.25) is 14.2 Å². The monoisotopic (exact) mass is 425 g/mol. The Kier molecular flexibility index (Phi) is 5.90. The average molecular weight is 426 g/mol. The summed E-state index contributed by atoms with van der Waals surface area (Å²) in [5.41, 5.74) is 1.48. The van der Waals surface area contributed by atoms with Gasteiger partial charge in [0.2, 0.25) is 5.91 Å². The van der Waals surface area contributed by atoms with Crippen LogP contribution in [0.5, 0.6) is 5.75 Å². The number of carbonyl (C=O) groups is 1. The number of nitrogens with one attached hydrogen (secondary N) is 1. The zero-order valence-corrected chi connectivity index (χ0v) is 18.4. The fourth-order valence-electron chi connectivity index (χ4n) is 4.15. The number of aromatic nitrogens is 2. The highest BCUT2D eigenvalue weighted by Crippen LogP contribution is 2.32. The highest BCUT2D eigenvalue weighted by molar-refractivity contribution is 7.22. The number of methoxy groups -OCH3 is 1. The zero-order valence-electron chi connectivity index (χ0n) is 17.6. The number of hydrogen-bond acceptors (Lipinski definition) is 5. The van der Waals surface area contributed by atoms with E-state index in [-0.39, 0.29) is 24.1 Å². The molecule has 2 aromatic heterocycles. The summed E-state index contributed by atoms with van der Waals surface area (Å²) in [6.07, 6.45) is 4.82. The van der Waals surface area contributed by atoms with E-state index in [1.54, 1.807) is 7.11 Å². The van der Waals surface area contributed by atoms with E-state index in [9.17, 15) is 9.59 Å². The van der Waals surface area contributed by atoms with Crippen LogP contribution in [0.15, 0.2) is 41.5 Å². The van der Waals surface area contributed by atoms with Gasteiger partial charge in [0.05, 0.1) is 19.0 Å². The normalized spacial score (nSPS) is 21.5. The Hall–Kier alpha value is -2.67. The van der Waals surface area contributed by atoms with Crippen LogP contribution >= 0.6 is 11.3 Å². The lowest BCUT2D eigenvalue weighted by Gasteiger charge is -2.34. The predicted octanol–water partition coefficient (Wildman–Crippen LogP) is 4.07. The van der Waals surface area contributed by atoms with Crippen molar-refractivity contribution in [2.45, 2.75) is 45.7 Å². The van der Waals surface area contributed by atoms with Crippen LogP contribution in [0.4, 0.5) is 0 Å². The molecule has 1 aliphatic rings. The Morgan fingerprint density at radius 2 is 2.03 bits per heavy atom. The number of ether oxygens (including phenoxy) is 1. The summed E-state index contributed by atoms with van der Waals surface area (Å²) in [7, 11) is 1.63. The van der Waals surface area contributed by atoms with Gasteiger partial charge in [-0.05, 0) is 54.2 Å². The van der Waals surface area contributed by atoms with E-state index in [0.717, 1.165) is 29.0 Å². The van der Waals surface area contributed by atoms with Gasteiger partial charge in [-0.15, -0.1) is 11.3 Å². The van der Waals surface area contributed by atoms with E-state index in [2.05, 4.69) is 24.1 Å². The number of amides is 1. The smallest absolute Gasteiger partial charge is 0.271 e. The number of fused-ring (bicyclic) bond motifs is 1. The van der Waals surface area contributed by atoms with Crippen molar-refractivity contribution >= 4 is 27.5 Å². The Balaban J connectivity index is 1.53. The van der Waals surface area contributed by atoms with Crippen molar-refractivity contribution in [1.82, 2.24) is 14.9 Å². The van der Waals surface area contributed by atoms with Crippen molar-refractivity contribution in [3.63, 3.8) is 0 Å². The third-order valence-corrected chi connectivity index (χ3v) is 7.41. The Morgan fingerprint density at radius 1 is 1.27 bits per heavy atom. The molecule has 1 saturated carbocycles. The lowest BCUT2D eigenvalue weighted by Crippen LogP contribution is -2.45. The summed E-state index contributed by atoms with van der Waals surface area (Å²) < 4.78 is 7.17. The fraction of sp³-hybridized carbons (Fsp3) is 0.435. The summed E-state index contributed by atoms with van der Waals surface area (Å²) in [6, 6.07) is 9.80. The Morgan fingerprint density at radius 3 is 2.77 bits per heavy atom. The van der Waals surface area contributed by atoms with E-state index < -0.39 is 0 Å². The molecule has 6 nitrogen and oxygen atoms in total. The van der Waals surface area contributed by atoms with Crippen LogP contribution in [0.25, 0.3) is 20.7 Å². The van der Waals surface area contributed by atoms with Gasteiger partial charge in [-0.25, -0.2) is 4.98 Å². The molecule has 3 atom stereocenters. The average Bonchev–Trinajstić information content (AvgIpc) is 3.19. The molecule has 158 valence electrons. The summed E-state index contributed by atoms with van der Waals surface area (Å²) in [4.78, 5) is 30.9. The third kappa shape index (κ3) is 4.12. The largest absolute Gasteiger partial charge is 0.497 e. The second-order valence-corrected chi connectivity index (χ2v) is 9.22. The molecule has 30 heavy (non-hydrogen) atoms. The molecule has 0 radical (unpaired) electrons. The van der Waals surface area contributed by atoms with Crippen LogP contribution in [-0.4, -0.2) is 28.6 Å². The van der Waals surface area contributed by atoms with E-state index in [1.807, 2.05) is 30.3 Å². The van der Waals surface area contributed by atoms with Crippen LogP contribution in [0.1, 0.15) is 33.1 Å². The quantitative estimate of drug-likeness (QED) is 0.669. The lowest BCUT2D eigenvalue weighted by atomic mass is 9.78. The standard InChI is InChI=1S/C23H27N3O3S/c1-14-5-4-6-18(15(14)2)25-21(27)12-26-13-24-19-11-20(30-22(19)23(26)28)16-7-9-17(29-3)10-8-16/h7-11,13-15,18H,4-6,12H2,1-3H3,(H,25,27)/t14-,15+,18-/m0/s1. The number of carbonyl (C=O) groups excluding carboxylic acids is 1. The molecule has 1 aliphatic carbocycles. The highest BCUT2D eigenvalue weighted by atomic mass is 32.1. The van der Waals surface area contributed by atoms with Crippen LogP contribution in [-0.2, 0) is 11.3 Å². The predicted molar refractivity (Wildman–Crippen MR) is 120 cm³/mol. The Bertz CT molecular complexity index is 1100. The molecule has 4 rings (SSSR count). The number of rotatable bonds is 5. The molecular formula is C23H27N3O3S.